The largest absolute Gasteiger partial charge is 0.381 e. The minimum absolute atomic E-state index is 0.160. The molecule has 0 bridgehead atoms. The highest BCUT2D eigenvalue weighted by Crippen LogP contribution is 2.37. The molecule has 27 heavy (non-hydrogen) atoms. The number of hydrogen-bond acceptors (Lipinski definition) is 3. The van der Waals surface area contributed by atoms with E-state index in [2.05, 4.69) is 10.2 Å². The minimum Gasteiger partial charge on any atom is -0.381 e. The molecule has 0 radical (unpaired) electrons. The van der Waals surface area contributed by atoms with E-state index in [0.717, 1.165) is 50.4 Å². The number of piperidine rings is 1. The van der Waals surface area contributed by atoms with Crippen molar-refractivity contribution in [1.29, 1.82) is 0 Å². The predicted molar refractivity (Wildman–Crippen MR) is 108 cm³/mol. The maximum absolute atomic E-state index is 13.4. The van der Waals surface area contributed by atoms with Crippen molar-refractivity contribution in [3.8, 4) is 0 Å². The number of halogens is 1. The van der Waals surface area contributed by atoms with Gasteiger partial charge in [0.15, 0.2) is 0 Å². The summed E-state index contributed by atoms with van der Waals surface area (Å²) in [6.45, 7) is 3.48. The van der Waals surface area contributed by atoms with E-state index < -0.39 is 5.41 Å². The molecule has 1 saturated carbocycles. The fraction of sp³-hybridized carbons (Fsp3) is 0.682. The molecule has 1 aromatic rings. The lowest BCUT2D eigenvalue weighted by Gasteiger charge is -2.40. The second kappa shape index (κ2) is 8.50. The third kappa shape index (κ3) is 4.18. The monoisotopic (exact) mass is 390 g/mol. The Morgan fingerprint density at radius 1 is 1.11 bits per heavy atom. The maximum Gasteiger partial charge on any atom is 0.231 e. The number of carbonyl (C=O) groups is 1. The summed E-state index contributed by atoms with van der Waals surface area (Å²) < 4.78 is 5.57. The summed E-state index contributed by atoms with van der Waals surface area (Å²) in [5.74, 6) is 0.160. The topological polar surface area (TPSA) is 41.6 Å². The van der Waals surface area contributed by atoms with Crippen LogP contribution in [0.15, 0.2) is 24.3 Å². The van der Waals surface area contributed by atoms with E-state index in [1.54, 1.807) is 0 Å². The average Bonchev–Trinajstić information content (AvgIpc) is 3.24. The van der Waals surface area contributed by atoms with Gasteiger partial charge in [0.1, 0.15) is 0 Å². The molecule has 2 saturated heterocycles. The molecule has 5 heteroatoms. The van der Waals surface area contributed by atoms with Gasteiger partial charge in [-0.15, -0.1) is 0 Å². The summed E-state index contributed by atoms with van der Waals surface area (Å²) >= 11 is 6.23. The third-order valence-electron chi connectivity index (χ3n) is 6.86. The normalized spacial score (nSPS) is 24.8. The van der Waals surface area contributed by atoms with Gasteiger partial charge in [-0.05, 0) is 56.2 Å². The summed E-state index contributed by atoms with van der Waals surface area (Å²) in [4.78, 5) is 16.1. The van der Waals surface area contributed by atoms with Crippen LogP contribution in [0, 0.1) is 0 Å². The lowest BCUT2D eigenvalue weighted by Crippen LogP contribution is -2.54. The molecule has 0 aromatic heterocycles. The van der Waals surface area contributed by atoms with Crippen LogP contribution in [0.3, 0.4) is 0 Å². The molecule has 3 fully saturated rings. The van der Waals surface area contributed by atoms with Crippen molar-refractivity contribution in [3.63, 3.8) is 0 Å². The Morgan fingerprint density at radius 2 is 1.81 bits per heavy atom. The Morgan fingerprint density at radius 3 is 2.48 bits per heavy atom. The Labute approximate surface area is 167 Å². The molecule has 2 aliphatic heterocycles. The van der Waals surface area contributed by atoms with Gasteiger partial charge in [-0.3, -0.25) is 4.79 Å². The Kier molecular flexibility index (Phi) is 6.05. The van der Waals surface area contributed by atoms with Gasteiger partial charge in [0.05, 0.1) is 5.41 Å². The van der Waals surface area contributed by atoms with E-state index in [0.29, 0.717) is 18.2 Å². The van der Waals surface area contributed by atoms with Crippen LogP contribution < -0.4 is 5.32 Å². The quantitative estimate of drug-likeness (QED) is 0.847. The fourth-order valence-electron chi connectivity index (χ4n) is 5.15. The van der Waals surface area contributed by atoms with Gasteiger partial charge in [-0.1, -0.05) is 36.6 Å². The summed E-state index contributed by atoms with van der Waals surface area (Å²) in [5, 5.41) is 4.09. The average molecular weight is 391 g/mol. The number of carbonyl (C=O) groups excluding carboxylic acids is 1. The first-order valence-corrected chi connectivity index (χ1v) is 10.9. The van der Waals surface area contributed by atoms with Gasteiger partial charge in [0, 0.05) is 43.4 Å². The number of rotatable bonds is 4. The van der Waals surface area contributed by atoms with Crippen LogP contribution in [0.2, 0.25) is 5.02 Å². The molecular weight excluding hydrogens is 360 g/mol. The first-order valence-electron chi connectivity index (χ1n) is 10.6. The molecule has 3 aliphatic rings. The number of nitrogens with one attached hydrogen (secondary N) is 1. The molecule has 1 N–H and O–H groups in total. The van der Waals surface area contributed by atoms with Crippen LogP contribution in [0.25, 0.3) is 0 Å². The number of ether oxygens (including phenoxy) is 1. The van der Waals surface area contributed by atoms with Crippen molar-refractivity contribution in [3.05, 3.63) is 34.9 Å². The minimum atomic E-state index is -0.508. The first kappa shape index (κ1) is 19.2. The van der Waals surface area contributed by atoms with Crippen LogP contribution in [0.1, 0.15) is 56.9 Å². The van der Waals surface area contributed by atoms with E-state index in [4.69, 9.17) is 16.3 Å². The predicted octanol–water partition coefficient (Wildman–Crippen LogP) is 3.91. The van der Waals surface area contributed by atoms with E-state index in [-0.39, 0.29) is 11.9 Å². The number of hydrogen-bond donors (Lipinski definition) is 1. The maximum atomic E-state index is 13.4. The first-order chi connectivity index (χ1) is 13.2. The van der Waals surface area contributed by atoms with Gasteiger partial charge in [-0.25, -0.2) is 0 Å². The summed E-state index contributed by atoms with van der Waals surface area (Å²) in [5.41, 5.74) is 0.519. The molecule has 4 rings (SSSR count). The second-order valence-corrected chi connectivity index (χ2v) is 8.86. The highest BCUT2D eigenvalue weighted by atomic mass is 35.5. The summed E-state index contributed by atoms with van der Waals surface area (Å²) in [6, 6.07) is 8.88. The number of nitrogens with zero attached hydrogens (tertiary/aromatic N) is 1. The van der Waals surface area contributed by atoms with E-state index in [1.165, 1.54) is 25.7 Å². The molecule has 4 nitrogen and oxygen atoms in total. The molecule has 148 valence electrons. The van der Waals surface area contributed by atoms with Crippen LogP contribution in [0.4, 0.5) is 0 Å². The van der Waals surface area contributed by atoms with E-state index in [9.17, 15) is 4.79 Å². The number of amides is 1. The summed E-state index contributed by atoms with van der Waals surface area (Å²) in [7, 11) is 0. The lowest BCUT2D eigenvalue weighted by molar-refractivity contribution is -0.131. The van der Waals surface area contributed by atoms with Crippen LogP contribution in [-0.2, 0) is 14.9 Å². The lowest BCUT2D eigenvalue weighted by atomic mass is 9.73. The molecule has 0 unspecified atom stereocenters. The Balaban J connectivity index is 1.42. The van der Waals surface area contributed by atoms with Crippen LogP contribution in [0.5, 0.6) is 0 Å². The third-order valence-corrected chi connectivity index (χ3v) is 7.10. The van der Waals surface area contributed by atoms with E-state index in [1.807, 2.05) is 24.3 Å². The highest BCUT2D eigenvalue weighted by Gasteiger charge is 2.42. The Bertz CT molecular complexity index is 645. The van der Waals surface area contributed by atoms with Crippen molar-refractivity contribution in [1.82, 2.24) is 10.2 Å². The molecule has 1 amide bonds. The zero-order chi connectivity index (χ0) is 18.7. The SMILES string of the molecule is O=C(NC1CCN(C2CCCC2)CC1)C1(c2cccc(Cl)c2)CCOCC1. The van der Waals surface area contributed by atoms with Crippen molar-refractivity contribution >= 4 is 17.5 Å². The van der Waals surface area contributed by atoms with Crippen molar-refractivity contribution in [2.45, 2.75) is 68.9 Å². The van der Waals surface area contributed by atoms with Crippen molar-refractivity contribution in [2.75, 3.05) is 26.3 Å². The Hall–Kier alpha value is -1.10. The van der Waals surface area contributed by atoms with Gasteiger partial charge < -0.3 is 15.0 Å². The smallest absolute Gasteiger partial charge is 0.231 e. The number of benzene rings is 1. The molecule has 2 heterocycles. The molecule has 1 aliphatic carbocycles. The zero-order valence-corrected chi connectivity index (χ0v) is 16.8. The standard InChI is InChI=1S/C22H31ClN2O2/c23-18-5-3-4-17(16-18)22(10-14-27-15-11-22)21(26)24-19-8-12-25(13-9-19)20-6-1-2-7-20/h3-5,16,19-20H,1-2,6-15H2,(H,24,26). The second-order valence-electron chi connectivity index (χ2n) is 8.43. The fourth-order valence-corrected chi connectivity index (χ4v) is 5.35. The molecule has 0 spiro atoms. The van der Waals surface area contributed by atoms with Crippen LogP contribution >= 0.6 is 11.6 Å². The molecule has 0 atom stereocenters. The highest BCUT2D eigenvalue weighted by molar-refractivity contribution is 6.30. The van der Waals surface area contributed by atoms with Gasteiger partial charge in [-0.2, -0.15) is 0 Å². The van der Waals surface area contributed by atoms with E-state index >= 15 is 0 Å². The van der Waals surface area contributed by atoms with Gasteiger partial charge >= 0.3 is 0 Å². The summed E-state index contributed by atoms with van der Waals surface area (Å²) in [6.07, 6.45) is 9.04. The van der Waals surface area contributed by atoms with Crippen LogP contribution in [-0.4, -0.2) is 49.2 Å². The van der Waals surface area contributed by atoms with Crippen molar-refractivity contribution in [2.24, 2.45) is 0 Å². The molecule has 1 aromatic carbocycles. The van der Waals surface area contributed by atoms with Gasteiger partial charge in [0.2, 0.25) is 5.91 Å². The number of likely N-dealkylation sites (tertiary alicyclic amines) is 1. The zero-order valence-electron chi connectivity index (χ0n) is 16.1. The molecular formula is C22H31ClN2O2. The van der Waals surface area contributed by atoms with Crippen molar-refractivity contribution < 1.29 is 9.53 Å². The van der Waals surface area contributed by atoms with Gasteiger partial charge in [0.25, 0.3) is 0 Å².